The van der Waals surface area contributed by atoms with Crippen LogP contribution in [0.3, 0.4) is 0 Å². The second-order valence-electron chi connectivity index (χ2n) is 3.41. The number of hydrogen-bond acceptors (Lipinski definition) is 4. The fourth-order valence-corrected chi connectivity index (χ4v) is 1.19. The zero-order chi connectivity index (χ0) is 10.7. The average Bonchev–Trinajstić information content (AvgIpc) is 2.26. The normalized spacial score (nSPS) is 10.2. The number of hydrogen-bond donors (Lipinski definition) is 1. The Kier molecular flexibility index (Phi) is 2.58. The van der Waals surface area contributed by atoms with Crippen LogP contribution < -0.4 is 5.32 Å². The highest BCUT2D eigenvalue weighted by Crippen LogP contribution is 2.10. The van der Waals surface area contributed by atoms with E-state index in [2.05, 4.69) is 26.8 Å². The third-order valence-corrected chi connectivity index (χ3v) is 1.90. The summed E-state index contributed by atoms with van der Waals surface area (Å²) >= 11 is 0. The first kappa shape index (κ1) is 9.58. The lowest BCUT2D eigenvalue weighted by molar-refractivity contribution is 1.16. The fourth-order valence-electron chi connectivity index (χ4n) is 1.19. The summed E-state index contributed by atoms with van der Waals surface area (Å²) in [4.78, 5) is 12.6. The van der Waals surface area contributed by atoms with Crippen LogP contribution in [0.2, 0.25) is 0 Å². The van der Waals surface area contributed by atoms with Crippen LogP contribution in [0, 0.1) is 0 Å². The zero-order valence-electron chi connectivity index (χ0n) is 8.57. The van der Waals surface area contributed by atoms with Gasteiger partial charge in [-0.3, -0.25) is 4.98 Å². The lowest BCUT2D eigenvalue weighted by Gasteiger charge is -2.04. The molecule has 76 valence electrons. The van der Waals surface area contributed by atoms with Crippen molar-refractivity contribution in [1.29, 1.82) is 0 Å². The second kappa shape index (κ2) is 4.04. The highest BCUT2D eigenvalue weighted by Gasteiger charge is 1.98. The van der Waals surface area contributed by atoms with Gasteiger partial charge in [0.25, 0.3) is 0 Å². The number of nitrogens with one attached hydrogen (secondary N) is 1. The van der Waals surface area contributed by atoms with Crippen molar-refractivity contribution in [2.75, 3.05) is 11.9 Å². The first-order valence-corrected chi connectivity index (χ1v) is 4.72. The van der Waals surface area contributed by atoms with E-state index in [0.717, 1.165) is 23.5 Å². The van der Waals surface area contributed by atoms with Crippen LogP contribution >= 0.6 is 0 Å². The topological polar surface area (TPSA) is 50.7 Å². The Bertz CT molecular complexity index is 493. The third-order valence-electron chi connectivity index (χ3n) is 1.90. The van der Waals surface area contributed by atoms with Crippen molar-refractivity contribution in [1.82, 2.24) is 15.0 Å². The second-order valence-corrected chi connectivity index (χ2v) is 3.41. The highest BCUT2D eigenvalue weighted by molar-refractivity contribution is 5.71. The van der Waals surface area contributed by atoms with E-state index in [0.29, 0.717) is 5.65 Å². The van der Waals surface area contributed by atoms with Gasteiger partial charge in [0, 0.05) is 18.9 Å². The van der Waals surface area contributed by atoms with Gasteiger partial charge in [-0.2, -0.15) is 0 Å². The Morgan fingerprint density at radius 1 is 1.33 bits per heavy atom. The van der Waals surface area contributed by atoms with Gasteiger partial charge in [-0.1, -0.05) is 12.2 Å². The molecule has 0 unspecified atom stereocenters. The van der Waals surface area contributed by atoms with Gasteiger partial charge in [-0.05, 0) is 19.1 Å². The van der Waals surface area contributed by atoms with E-state index < -0.39 is 0 Å². The average molecular weight is 200 g/mol. The molecule has 2 rings (SSSR count). The molecule has 4 heteroatoms. The maximum atomic E-state index is 4.32. The molecule has 0 atom stereocenters. The van der Waals surface area contributed by atoms with Crippen LogP contribution in [0.4, 0.5) is 5.82 Å². The molecule has 0 spiro atoms. The molecule has 0 bridgehead atoms. The van der Waals surface area contributed by atoms with E-state index >= 15 is 0 Å². The minimum absolute atomic E-state index is 0.657. The lowest BCUT2D eigenvalue weighted by atomic mass is 10.3. The Balaban J connectivity index is 2.26. The first-order chi connectivity index (χ1) is 7.25. The number of rotatable bonds is 3. The predicted octanol–water partition coefficient (Wildman–Crippen LogP) is 2.01. The lowest BCUT2D eigenvalue weighted by Crippen LogP contribution is -2.03. The molecule has 0 saturated heterocycles. The molecule has 0 aliphatic carbocycles. The third kappa shape index (κ3) is 2.28. The summed E-state index contributed by atoms with van der Waals surface area (Å²) in [5.74, 6) is 0.797. The van der Waals surface area contributed by atoms with Gasteiger partial charge in [0.2, 0.25) is 0 Å². The predicted molar refractivity (Wildman–Crippen MR) is 60.6 cm³/mol. The van der Waals surface area contributed by atoms with Crippen molar-refractivity contribution in [2.24, 2.45) is 0 Å². The first-order valence-electron chi connectivity index (χ1n) is 4.72. The van der Waals surface area contributed by atoms with E-state index in [9.17, 15) is 0 Å². The van der Waals surface area contributed by atoms with Gasteiger partial charge >= 0.3 is 0 Å². The molecule has 0 aromatic carbocycles. The molecule has 4 nitrogen and oxygen atoms in total. The molecule has 0 fully saturated rings. The number of aromatic nitrogens is 3. The van der Waals surface area contributed by atoms with E-state index in [-0.39, 0.29) is 0 Å². The molecule has 1 N–H and O–H groups in total. The largest absolute Gasteiger partial charge is 0.366 e. The molecule has 0 radical (unpaired) electrons. The van der Waals surface area contributed by atoms with Gasteiger partial charge < -0.3 is 5.32 Å². The summed E-state index contributed by atoms with van der Waals surface area (Å²) in [5, 5.41) is 3.16. The van der Waals surface area contributed by atoms with E-state index in [1.54, 1.807) is 12.4 Å². The molecule has 2 heterocycles. The molecule has 2 aromatic rings. The van der Waals surface area contributed by atoms with E-state index in [1.807, 2.05) is 19.1 Å². The van der Waals surface area contributed by atoms with Crippen LogP contribution in [0.5, 0.6) is 0 Å². The van der Waals surface area contributed by atoms with Crippen LogP contribution in [0.25, 0.3) is 11.2 Å². The van der Waals surface area contributed by atoms with Crippen molar-refractivity contribution in [3.8, 4) is 0 Å². The molecule has 0 amide bonds. The molecular formula is C11H12N4. The van der Waals surface area contributed by atoms with Crippen LogP contribution in [-0.4, -0.2) is 21.5 Å². The molecular weight excluding hydrogens is 188 g/mol. The quantitative estimate of drug-likeness (QED) is 0.770. The van der Waals surface area contributed by atoms with Gasteiger partial charge in [-0.15, -0.1) is 0 Å². The minimum atomic E-state index is 0.657. The van der Waals surface area contributed by atoms with Crippen molar-refractivity contribution >= 4 is 17.0 Å². The van der Waals surface area contributed by atoms with Crippen molar-refractivity contribution in [3.05, 3.63) is 36.7 Å². The molecule has 0 saturated carbocycles. The summed E-state index contributed by atoms with van der Waals surface area (Å²) in [5.41, 5.74) is 2.53. The maximum Gasteiger partial charge on any atom is 0.180 e. The van der Waals surface area contributed by atoms with Crippen LogP contribution in [-0.2, 0) is 0 Å². The van der Waals surface area contributed by atoms with Crippen molar-refractivity contribution in [2.45, 2.75) is 6.92 Å². The Labute approximate surface area is 88.1 Å². The van der Waals surface area contributed by atoms with E-state index in [1.165, 1.54) is 0 Å². The smallest absolute Gasteiger partial charge is 0.180 e. The summed E-state index contributed by atoms with van der Waals surface area (Å²) < 4.78 is 0. The van der Waals surface area contributed by atoms with Crippen LogP contribution in [0.1, 0.15) is 6.92 Å². The molecule has 15 heavy (non-hydrogen) atoms. The summed E-state index contributed by atoms with van der Waals surface area (Å²) in [6, 6.07) is 3.79. The van der Waals surface area contributed by atoms with Gasteiger partial charge in [0.1, 0.15) is 11.3 Å². The van der Waals surface area contributed by atoms with Gasteiger partial charge in [0.15, 0.2) is 5.65 Å². The Morgan fingerprint density at radius 2 is 2.13 bits per heavy atom. The van der Waals surface area contributed by atoms with E-state index in [4.69, 9.17) is 0 Å². The highest BCUT2D eigenvalue weighted by atomic mass is 15.0. The number of anilines is 1. The van der Waals surface area contributed by atoms with Crippen molar-refractivity contribution < 1.29 is 0 Å². The number of nitrogens with zero attached hydrogens (tertiary/aromatic N) is 3. The van der Waals surface area contributed by atoms with Gasteiger partial charge in [0.05, 0.1) is 0 Å². The molecule has 0 aliphatic rings. The molecule has 2 aromatic heterocycles. The fraction of sp³-hybridized carbons (Fsp3) is 0.182. The zero-order valence-corrected chi connectivity index (χ0v) is 8.57. The maximum absolute atomic E-state index is 4.32. The Hall–Kier alpha value is -1.97. The summed E-state index contributed by atoms with van der Waals surface area (Å²) in [6.07, 6.45) is 3.29. The van der Waals surface area contributed by atoms with Crippen LogP contribution in [0.15, 0.2) is 36.7 Å². The summed E-state index contributed by atoms with van der Waals surface area (Å²) in [6.45, 7) is 6.50. The minimum Gasteiger partial charge on any atom is -0.366 e. The van der Waals surface area contributed by atoms with Gasteiger partial charge in [-0.25, -0.2) is 9.97 Å². The Morgan fingerprint density at radius 3 is 2.93 bits per heavy atom. The standard InChI is InChI=1S/C11H12N4/c1-8(2)7-14-10-4-3-9-11(15-10)13-6-5-12-9/h3-6H,1,7H2,2H3,(H,13,14,15). The van der Waals surface area contributed by atoms with Crippen molar-refractivity contribution in [3.63, 3.8) is 0 Å². The number of pyridine rings is 1. The SMILES string of the molecule is C=C(C)CNc1ccc2nccnc2n1. The molecule has 0 aliphatic heterocycles. The number of fused-ring (bicyclic) bond motifs is 1. The monoisotopic (exact) mass is 200 g/mol. The summed E-state index contributed by atoms with van der Waals surface area (Å²) in [7, 11) is 0.